The van der Waals surface area contributed by atoms with Crippen molar-refractivity contribution >= 4 is 42.3 Å². The van der Waals surface area contributed by atoms with Gasteiger partial charge in [-0.25, -0.2) is 9.67 Å². The van der Waals surface area contributed by atoms with Gasteiger partial charge in [0.15, 0.2) is 5.52 Å². The fourth-order valence-electron chi connectivity index (χ4n) is 3.92. The van der Waals surface area contributed by atoms with E-state index in [2.05, 4.69) is 29.9 Å². The molecule has 32 heavy (non-hydrogen) atoms. The second-order valence-corrected chi connectivity index (χ2v) is 15.8. The third-order valence-corrected chi connectivity index (χ3v) is 8.32. The monoisotopic (exact) mass is 493 g/mol. The van der Waals surface area contributed by atoms with Gasteiger partial charge >= 0.3 is 0 Å². The van der Waals surface area contributed by atoms with Crippen LogP contribution in [0.1, 0.15) is 18.9 Å². The molecule has 1 N–H and O–H groups in total. The average Bonchev–Trinajstić information content (AvgIpc) is 3.13. The number of rotatable bonds is 7. The molecule has 3 aromatic rings. The fourth-order valence-corrected chi connectivity index (χ4v) is 5.06. The lowest BCUT2D eigenvalue weighted by Crippen LogP contribution is -2.34. The average molecular weight is 494 g/mol. The van der Waals surface area contributed by atoms with Crippen LogP contribution in [0.15, 0.2) is 29.3 Å². The molecule has 0 aliphatic carbocycles. The lowest BCUT2D eigenvalue weighted by molar-refractivity contribution is 0.0816. The first kappa shape index (κ1) is 23.4. The van der Waals surface area contributed by atoms with E-state index in [-0.39, 0.29) is 18.3 Å². The highest BCUT2D eigenvalue weighted by Crippen LogP contribution is 2.35. The number of halogens is 2. The van der Waals surface area contributed by atoms with Crippen molar-refractivity contribution in [1.82, 2.24) is 24.6 Å². The van der Waals surface area contributed by atoms with E-state index in [1.165, 1.54) is 0 Å². The summed E-state index contributed by atoms with van der Waals surface area (Å²) in [5, 5.41) is 8.88. The maximum atomic E-state index is 13.6. The molecule has 10 heteroatoms. The minimum absolute atomic E-state index is 0.104. The maximum absolute atomic E-state index is 13.6. The van der Waals surface area contributed by atoms with Gasteiger partial charge < -0.3 is 10.1 Å². The summed E-state index contributed by atoms with van der Waals surface area (Å²) in [6, 6.07) is 6.54. The quantitative estimate of drug-likeness (QED) is 0.377. The minimum atomic E-state index is -1.22. The van der Waals surface area contributed by atoms with Crippen LogP contribution >= 0.6 is 23.2 Å². The lowest BCUT2D eigenvalue weighted by atomic mass is 10.1. The molecular formula is C22H29Cl2N5O2Si. The van der Waals surface area contributed by atoms with Crippen molar-refractivity contribution in [3.8, 4) is 11.3 Å². The predicted molar refractivity (Wildman–Crippen MR) is 132 cm³/mol. The van der Waals surface area contributed by atoms with E-state index in [1.807, 2.05) is 12.1 Å². The Labute approximate surface area is 198 Å². The summed E-state index contributed by atoms with van der Waals surface area (Å²) in [6.45, 7) is 9.51. The Kier molecular flexibility index (Phi) is 7.07. The molecule has 0 spiro atoms. The van der Waals surface area contributed by atoms with Crippen LogP contribution < -0.4 is 10.9 Å². The standard InChI is InChI=1S/C22H29Cl2N5O2Si/c1-32(2,3)12-11-31-14-29-21-20(19(27-29)16-5-4-6-17(23)18(16)24)26-13-28(22(21)30)15-7-9-25-10-8-15/h4-6,13,15,25H,7-12,14H2,1-3H3. The highest BCUT2D eigenvalue weighted by molar-refractivity contribution is 6.76. The maximum Gasteiger partial charge on any atom is 0.279 e. The Morgan fingerprint density at radius 3 is 2.69 bits per heavy atom. The Morgan fingerprint density at radius 2 is 1.97 bits per heavy atom. The highest BCUT2D eigenvalue weighted by atomic mass is 35.5. The molecule has 1 fully saturated rings. The van der Waals surface area contributed by atoms with E-state index in [0.29, 0.717) is 38.9 Å². The third kappa shape index (κ3) is 4.94. The number of ether oxygens (including phenoxy) is 1. The summed E-state index contributed by atoms with van der Waals surface area (Å²) in [7, 11) is -1.22. The normalized spacial score (nSPS) is 15.5. The smallest absolute Gasteiger partial charge is 0.279 e. The molecule has 172 valence electrons. The van der Waals surface area contributed by atoms with Crippen LogP contribution in [0.25, 0.3) is 22.3 Å². The summed E-state index contributed by atoms with van der Waals surface area (Å²) >= 11 is 12.7. The number of nitrogens with one attached hydrogen (secondary N) is 1. The predicted octanol–water partition coefficient (Wildman–Crippen LogP) is 4.80. The summed E-state index contributed by atoms with van der Waals surface area (Å²) in [5.41, 5.74) is 2.03. The number of fused-ring (bicyclic) bond motifs is 1. The van der Waals surface area contributed by atoms with Crippen LogP contribution in [-0.4, -0.2) is 47.1 Å². The van der Waals surface area contributed by atoms with E-state index in [0.717, 1.165) is 32.0 Å². The first-order valence-electron chi connectivity index (χ1n) is 11.0. The van der Waals surface area contributed by atoms with Crippen molar-refractivity contribution in [3.63, 3.8) is 0 Å². The van der Waals surface area contributed by atoms with Gasteiger partial charge in [-0.2, -0.15) is 5.10 Å². The Bertz CT molecular complexity index is 1170. The molecule has 3 heterocycles. The molecule has 0 saturated carbocycles. The van der Waals surface area contributed by atoms with E-state index >= 15 is 0 Å². The summed E-state index contributed by atoms with van der Waals surface area (Å²) < 4.78 is 9.30. The molecule has 0 unspecified atom stereocenters. The molecule has 1 saturated heterocycles. The van der Waals surface area contributed by atoms with Gasteiger partial charge in [0.1, 0.15) is 17.9 Å². The van der Waals surface area contributed by atoms with Gasteiger partial charge in [0.25, 0.3) is 5.56 Å². The SMILES string of the molecule is C[Si](C)(C)CCOCn1nc(-c2cccc(Cl)c2Cl)c2ncn(C3CCNCC3)c(=O)c21. The van der Waals surface area contributed by atoms with Crippen molar-refractivity contribution in [3.05, 3.63) is 44.9 Å². The van der Waals surface area contributed by atoms with Gasteiger partial charge in [-0.15, -0.1) is 0 Å². The number of piperidine rings is 1. The topological polar surface area (TPSA) is 74.0 Å². The summed E-state index contributed by atoms with van der Waals surface area (Å²) in [6.07, 6.45) is 3.42. The molecule has 7 nitrogen and oxygen atoms in total. The number of benzene rings is 1. The Morgan fingerprint density at radius 1 is 1.22 bits per heavy atom. The number of hydrogen-bond acceptors (Lipinski definition) is 5. The third-order valence-electron chi connectivity index (χ3n) is 5.79. The van der Waals surface area contributed by atoms with E-state index in [4.69, 9.17) is 33.0 Å². The molecule has 2 aromatic heterocycles. The van der Waals surface area contributed by atoms with Crippen LogP contribution in [-0.2, 0) is 11.5 Å². The second kappa shape index (κ2) is 9.65. The number of aromatic nitrogens is 4. The Balaban J connectivity index is 1.78. The van der Waals surface area contributed by atoms with Crippen LogP contribution in [0, 0.1) is 0 Å². The second-order valence-electron chi connectivity index (χ2n) is 9.43. The lowest BCUT2D eigenvalue weighted by Gasteiger charge is -2.24. The molecule has 0 bridgehead atoms. The molecule has 1 aromatic carbocycles. The van der Waals surface area contributed by atoms with Crippen LogP contribution in [0.4, 0.5) is 0 Å². The van der Waals surface area contributed by atoms with Crippen molar-refractivity contribution in [2.75, 3.05) is 19.7 Å². The zero-order valence-corrected chi connectivity index (χ0v) is 21.2. The minimum Gasteiger partial charge on any atom is -0.360 e. The van der Waals surface area contributed by atoms with Gasteiger partial charge in [0, 0.05) is 26.3 Å². The van der Waals surface area contributed by atoms with E-state index < -0.39 is 8.07 Å². The molecule has 4 rings (SSSR count). The van der Waals surface area contributed by atoms with Gasteiger partial charge in [-0.05, 0) is 38.0 Å². The van der Waals surface area contributed by atoms with Crippen LogP contribution in [0.3, 0.4) is 0 Å². The van der Waals surface area contributed by atoms with Gasteiger partial charge in [0.2, 0.25) is 0 Å². The van der Waals surface area contributed by atoms with Gasteiger partial charge in [0.05, 0.1) is 16.4 Å². The summed E-state index contributed by atoms with van der Waals surface area (Å²) in [5.74, 6) is 0. The van der Waals surface area contributed by atoms with E-state index in [9.17, 15) is 4.79 Å². The van der Waals surface area contributed by atoms with Crippen molar-refractivity contribution in [2.24, 2.45) is 0 Å². The van der Waals surface area contributed by atoms with Crippen molar-refractivity contribution < 1.29 is 4.74 Å². The number of nitrogens with zero attached hydrogens (tertiary/aromatic N) is 4. The highest BCUT2D eigenvalue weighted by Gasteiger charge is 2.24. The summed E-state index contributed by atoms with van der Waals surface area (Å²) in [4.78, 5) is 18.2. The first-order chi connectivity index (χ1) is 15.3. The number of hydrogen-bond donors (Lipinski definition) is 1. The molecule has 1 aliphatic heterocycles. The van der Waals surface area contributed by atoms with Crippen molar-refractivity contribution in [1.29, 1.82) is 0 Å². The fraction of sp³-hybridized carbons (Fsp3) is 0.500. The van der Waals surface area contributed by atoms with Gasteiger partial charge in [-0.1, -0.05) is 55.0 Å². The van der Waals surface area contributed by atoms with Gasteiger partial charge in [-0.3, -0.25) is 9.36 Å². The largest absolute Gasteiger partial charge is 0.360 e. The molecule has 0 amide bonds. The molecule has 0 radical (unpaired) electrons. The van der Waals surface area contributed by atoms with Crippen LogP contribution in [0.2, 0.25) is 35.7 Å². The van der Waals surface area contributed by atoms with Crippen molar-refractivity contribution in [2.45, 2.75) is 51.3 Å². The van der Waals surface area contributed by atoms with Crippen LogP contribution in [0.5, 0.6) is 0 Å². The van der Waals surface area contributed by atoms with E-state index in [1.54, 1.807) is 21.6 Å². The Hall–Kier alpha value is -1.71. The first-order valence-corrected chi connectivity index (χ1v) is 15.4. The molecule has 0 atom stereocenters. The molecule has 1 aliphatic rings. The zero-order chi connectivity index (χ0) is 22.9. The zero-order valence-electron chi connectivity index (χ0n) is 18.7. The molecular weight excluding hydrogens is 465 g/mol.